The molecule has 12 rings (SSSR count). The first-order valence-electron chi connectivity index (χ1n) is 20.1. The summed E-state index contributed by atoms with van der Waals surface area (Å²) in [5.74, 6) is 0.958. The largest absolute Gasteiger partial charge is 0.375 e. The van der Waals surface area contributed by atoms with Gasteiger partial charge in [0.2, 0.25) is 0 Å². The first-order chi connectivity index (χ1) is 28.7. The summed E-state index contributed by atoms with van der Waals surface area (Å²) in [4.78, 5) is 8.17. The van der Waals surface area contributed by atoms with E-state index in [1.54, 1.807) is 0 Å². The minimum atomic E-state index is -0.0892. The second-order valence-electron chi connectivity index (χ2n) is 15.6. The molecule has 4 heterocycles. The third-order valence-electron chi connectivity index (χ3n) is 12.3. The van der Waals surface area contributed by atoms with Crippen molar-refractivity contribution in [1.29, 1.82) is 0 Å². The van der Waals surface area contributed by atoms with Gasteiger partial charge in [-0.1, -0.05) is 146 Å². The van der Waals surface area contributed by atoms with Gasteiger partial charge in [-0.3, -0.25) is 4.57 Å². The van der Waals surface area contributed by atoms with Crippen LogP contribution in [0.15, 0.2) is 188 Å². The van der Waals surface area contributed by atoms with Crippen LogP contribution in [-0.4, -0.2) is 20.9 Å². The predicted octanol–water partition coefficient (Wildman–Crippen LogP) is 12.0. The summed E-state index contributed by atoms with van der Waals surface area (Å²) in [7, 11) is 0. The lowest BCUT2D eigenvalue weighted by Crippen LogP contribution is -2.56. The Labute approximate surface area is 338 Å². The van der Waals surface area contributed by atoms with Crippen molar-refractivity contribution in [1.82, 2.24) is 14.0 Å². The van der Waals surface area contributed by atoms with Gasteiger partial charge in [0, 0.05) is 56.0 Å². The third-order valence-corrected chi connectivity index (χ3v) is 12.3. The fraction of sp³-hybridized carbons (Fsp3) is 0.0377. The van der Waals surface area contributed by atoms with Gasteiger partial charge in [-0.25, -0.2) is 4.98 Å². The number of benzene rings is 8. The highest BCUT2D eigenvalue weighted by Crippen LogP contribution is 2.52. The quantitative estimate of drug-likeness (QED) is 0.164. The minimum Gasteiger partial charge on any atom is -0.375 e. The highest BCUT2D eigenvalue weighted by atomic mass is 15.2. The van der Waals surface area contributed by atoms with Crippen molar-refractivity contribution >= 4 is 56.8 Å². The molecule has 0 spiro atoms. The molecular weight excluding hydrogens is 703 g/mol. The summed E-state index contributed by atoms with van der Waals surface area (Å²) >= 11 is 0. The molecule has 0 atom stereocenters. The van der Waals surface area contributed by atoms with Crippen LogP contribution >= 0.6 is 0 Å². The van der Waals surface area contributed by atoms with Gasteiger partial charge >= 0.3 is 6.85 Å². The number of hydrogen-bond acceptors (Lipinski definition) is 2. The summed E-state index contributed by atoms with van der Waals surface area (Å²) in [6.07, 6.45) is 0. The molecule has 0 unspecified atom stereocenters. The smallest absolute Gasteiger partial charge is 0.333 e. The summed E-state index contributed by atoms with van der Waals surface area (Å²) in [6.45, 7) is 4.33. The highest BCUT2D eigenvalue weighted by Gasteiger charge is 2.45. The van der Waals surface area contributed by atoms with Gasteiger partial charge in [0.1, 0.15) is 5.82 Å². The molecular formula is C53H37BN4. The van der Waals surface area contributed by atoms with Crippen LogP contribution < -0.4 is 15.8 Å². The molecule has 0 saturated carbocycles. The standard InChI is InChI=1S/C53H37BN4/c1-34-19-17-20-35(2)46(34)53-55-43-33-41-47(36-21-7-3-8-22-36)50(37-23-9-4-10-24-37)58-51(41)48(52(43)57(53)39-27-13-6-14-28-39)40-29-18-32-45-49(40)54(58)42-30-15-16-31-44(42)56(45)38-25-11-5-12-26-38/h3-33H,1-2H3. The second kappa shape index (κ2) is 12.6. The van der Waals surface area contributed by atoms with E-state index in [0.717, 1.165) is 28.2 Å². The van der Waals surface area contributed by atoms with Crippen LogP contribution in [0.1, 0.15) is 11.1 Å². The van der Waals surface area contributed by atoms with E-state index < -0.39 is 0 Å². The molecule has 0 fully saturated rings. The lowest BCUT2D eigenvalue weighted by molar-refractivity contribution is 1.09. The first-order valence-corrected chi connectivity index (χ1v) is 20.1. The topological polar surface area (TPSA) is 26.0 Å². The zero-order valence-electron chi connectivity index (χ0n) is 32.3. The second-order valence-corrected chi connectivity index (χ2v) is 15.6. The van der Waals surface area contributed by atoms with E-state index in [1.807, 2.05) is 0 Å². The minimum absolute atomic E-state index is 0.0892. The Bertz CT molecular complexity index is 3220. The number of hydrogen-bond donors (Lipinski definition) is 0. The van der Waals surface area contributed by atoms with E-state index in [4.69, 9.17) is 4.98 Å². The highest BCUT2D eigenvalue weighted by molar-refractivity contribution is 6.90. The Balaban J connectivity index is 1.34. The van der Waals surface area contributed by atoms with Gasteiger partial charge in [-0.05, 0) is 95.1 Å². The van der Waals surface area contributed by atoms with E-state index in [1.165, 1.54) is 83.4 Å². The van der Waals surface area contributed by atoms with Gasteiger partial charge in [-0.2, -0.15) is 0 Å². The van der Waals surface area contributed by atoms with Crippen LogP contribution in [0.5, 0.6) is 0 Å². The number of nitrogens with zero attached hydrogens (tertiary/aromatic N) is 4. The van der Waals surface area contributed by atoms with E-state index in [0.29, 0.717) is 0 Å². The summed E-state index contributed by atoms with van der Waals surface area (Å²) in [5, 5.41) is 1.21. The Morgan fingerprint density at radius 2 is 1.07 bits per heavy atom. The molecule has 0 N–H and O–H groups in total. The average molecular weight is 741 g/mol. The fourth-order valence-electron chi connectivity index (χ4n) is 10.1. The summed E-state index contributed by atoms with van der Waals surface area (Å²) < 4.78 is 5.13. The van der Waals surface area contributed by atoms with Gasteiger partial charge in [0.15, 0.2) is 0 Å². The van der Waals surface area contributed by atoms with Crippen LogP contribution in [0.25, 0.3) is 72.5 Å². The molecule has 272 valence electrons. The molecule has 2 aliphatic rings. The van der Waals surface area contributed by atoms with Gasteiger partial charge < -0.3 is 9.38 Å². The molecule has 0 bridgehead atoms. The monoisotopic (exact) mass is 740 g/mol. The number of para-hydroxylation sites is 3. The maximum Gasteiger partial charge on any atom is 0.333 e. The molecule has 0 aliphatic carbocycles. The summed E-state index contributed by atoms with van der Waals surface area (Å²) in [6, 6.07) is 68.5. The fourth-order valence-corrected chi connectivity index (χ4v) is 10.1. The lowest BCUT2D eigenvalue weighted by Gasteiger charge is -2.40. The van der Waals surface area contributed by atoms with Crippen LogP contribution in [0, 0.1) is 13.8 Å². The Kier molecular flexibility index (Phi) is 7.12. The van der Waals surface area contributed by atoms with Crippen molar-refractivity contribution in [2.24, 2.45) is 0 Å². The van der Waals surface area contributed by atoms with Crippen LogP contribution in [0.3, 0.4) is 0 Å². The molecule has 0 amide bonds. The van der Waals surface area contributed by atoms with Crippen molar-refractivity contribution < 1.29 is 0 Å². The Hall–Kier alpha value is -7.37. The maximum absolute atomic E-state index is 5.70. The normalized spacial score (nSPS) is 12.6. The molecule has 58 heavy (non-hydrogen) atoms. The zero-order chi connectivity index (χ0) is 38.5. The molecule has 8 aromatic carbocycles. The number of anilines is 3. The third kappa shape index (κ3) is 4.56. The average Bonchev–Trinajstić information content (AvgIpc) is 3.82. The zero-order valence-corrected chi connectivity index (χ0v) is 32.3. The Morgan fingerprint density at radius 1 is 0.483 bits per heavy atom. The first kappa shape index (κ1) is 32.8. The lowest BCUT2D eigenvalue weighted by atomic mass is 9.45. The van der Waals surface area contributed by atoms with Crippen molar-refractivity contribution in [3.05, 3.63) is 199 Å². The molecule has 10 aromatic rings. The molecule has 0 radical (unpaired) electrons. The van der Waals surface area contributed by atoms with Crippen LogP contribution in [-0.2, 0) is 0 Å². The van der Waals surface area contributed by atoms with E-state index in [-0.39, 0.29) is 6.85 Å². The number of imidazole rings is 1. The molecule has 4 nitrogen and oxygen atoms in total. The predicted molar refractivity (Wildman–Crippen MR) is 243 cm³/mol. The van der Waals surface area contributed by atoms with E-state index in [9.17, 15) is 0 Å². The summed E-state index contributed by atoms with van der Waals surface area (Å²) in [5.41, 5.74) is 21.4. The molecule has 2 aromatic heterocycles. The molecule has 2 aliphatic heterocycles. The number of fused-ring (bicyclic) bond motifs is 6. The van der Waals surface area contributed by atoms with E-state index in [2.05, 4.69) is 216 Å². The Morgan fingerprint density at radius 3 is 1.78 bits per heavy atom. The SMILES string of the molecule is Cc1cccc(C)c1-c1nc2cc3c(-c4ccccc4)c(-c4ccccc4)n4c3c(c2n1-c1ccccc1)-c1cccc2c1B4c1ccccc1N2c1ccccc1. The van der Waals surface area contributed by atoms with Gasteiger partial charge in [0.05, 0.1) is 11.0 Å². The number of aromatic nitrogens is 3. The van der Waals surface area contributed by atoms with Crippen molar-refractivity contribution in [3.8, 4) is 50.6 Å². The molecule has 5 heteroatoms. The van der Waals surface area contributed by atoms with Crippen molar-refractivity contribution in [3.63, 3.8) is 0 Å². The number of rotatable bonds is 5. The maximum atomic E-state index is 5.70. The van der Waals surface area contributed by atoms with Crippen LogP contribution in [0.4, 0.5) is 17.1 Å². The van der Waals surface area contributed by atoms with Gasteiger partial charge in [0.25, 0.3) is 0 Å². The van der Waals surface area contributed by atoms with Crippen molar-refractivity contribution in [2.45, 2.75) is 13.8 Å². The van der Waals surface area contributed by atoms with E-state index >= 15 is 0 Å². The molecule has 0 saturated heterocycles. The number of aryl methyl sites for hydroxylation is 2. The van der Waals surface area contributed by atoms with Crippen molar-refractivity contribution in [2.75, 3.05) is 4.90 Å². The van der Waals surface area contributed by atoms with Gasteiger partial charge in [-0.15, -0.1) is 0 Å². The van der Waals surface area contributed by atoms with Crippen LogP contribution in [0.2, 0.25) is 0 Å².